The summed E-state index contributed by atoms with van der Waals surface area (Å²) in [5, 5.41) is 21.5. The maximum atomic E-state index is 12.4. The summed E-state index contributed by atoms with van der Waals surface area (Å²) in [4.78, 5) is 12.4. The van der Waals surface area contributed by atoms with Gasteiger partial charge in [-0.1, -0.05) is 13.8 Å². The molecule has 4 saturated carbocycles. The molecule has 3 nitrogen and oxygen atoms in total. The van der Waals surface area contributed by atoms with E-state index in [1.54, 1.807) is 0 Å². The first-order chi connectivity index (χ1) is 10.4. The van der Waals surface area contributed by atoms with E-state index in [0.29, 0.717) is 17.6 Å². The Kier molecular flexibility index (Phi) is 3.30. The summed E-state index contributed by atoms with van der Waals surface area (Å²) >= 11 is 0. The van der Waals surface area contributed by atoms with Crippen LogP contribution in [0.4, 0.5) is 0 Å². The highest BCUT2D eigenvalue weighted by atomic mass is 16.3. The van der Waals surface area contributed by atoms with E-state index in [0.717, 1.165) is 51.4 Å². The molecule has 0 heterocycles. The highest BCUT2D eigenvalue weighted by Crippen LogP contribution is 2.65. The second-order valence-corrected chi connectivity index (χ2v) is 9.12. The molecule has 0 radical (unpaired) electrons. The fourth-order valence-corrected chi connectivity index (χ4v) is 7.13. The van der Waals surface area contributed by atoms with Crippen molar-refractivity contribution in [3.8, 4) is 0 Å². The third-order valence-corrected chi connectivity index (χ3v) is 8.33. The monoisotopic (exact) mass is 306 g/mol. The first kappa shape index (κ1) is 15.1. The van der Waals surface area contributed by atoms with Crippen molar-refractivity contribution in [1.82, 2.24) is 0 Å². The number of aliphatic hydroxyl groups excluding tert-OH is 2. The summed E-state index contributed by atoms with van der Waals surface area (Å²) < 4.78 is 0. The molecule has 4 rings (SSSR count). The number of fused-ring (bicyclic) bond motifs is 5. The van der Waals surface area contributed by atoms with Gasteiger partial charge in [-0.3, -0.25) is 4.79 Å². The number of Topliss-reactive ketones (excluding diaryl/α,β-unsaturated/α-hetero) is 1. The summed E-state index contributed by atoms with van der Waals surface area (Å²) in [5.41, 5.74) is -0.0503. The van der Waals surface area contributed by atoms with Gasteiger partial charge in [-0.05, 0) is 73.5 Å². The molecule has 0 spiro atoms. The molecule has 4 fully saturated rings. The third-order valence-electron chi connectivity index (χ3n) is 8.33. The number of carbonyl (C=O) groups excluding carboxylic acids is 1. The van der Waals surface area contributed by atoms with Crippen molar-refractivity contribution in [2.75, 3.05) is 0 Å². The van der Waals surface area contributed by atoms with Crippen LogP contribution in [0.15, 0.2) is 0 Å². The van der Waals surface area contributed by atoms with Gasteiger partial charge in [0.15, 0.2) is 0 Å². The van der Waals surface area contributed by atoms with E-state index in [1.807, 2.05) is 0 Å². The van der Waals surface area contributed by atoms with E-state index < -0.39 is 0 Å². The summed E-state index contributed by atoms with van der Waals surface area (Å²) in [6.45, 7) is 4.50. The van der Waals surface area contributed by atoms with Gasteiger partial charge >= 0.3 is 0 Å². The fourth-order valence-electron chi connectivity index (χ4n) is 7.13. The van der Waals surface area contributed by atoms with Crippen molar-refractivity contribution in [1.29, 1.82) is 0 Å². The Balaban J connectivity index is 1.72. The first-order valence-electron chi connectivity index (χ1n) is 9.27. The van der Waals surface area contributed by atoms with Crippen LogP contribution in [0.5, 0.6) is 0 Å². The molecule has 0 aromatic carbocycles. The molecular formula is C19H30O3. The Morgan fingerprint density at radius 3 is 2.59 bits per heavy atom. The van der Waals surface area contributed by atoms with Crippen molar-refractivity contribution in [2.45, 2.75) is 77.4 Å². The lowest BCUT2D eigenvalue weighted by molar-refractivity contribution is -0.173. The second-order valence-electron chi connectivity index (χ2n) is 9.12. The van der Waals surface area contributed by atoms with Gasteiger partial charge in [0, 0.05) is 12.3 Å². The molecule has 0 aromatic rings. The van der Waals surface area contributed by atoms with Crippen LogP contribution >= 0.6 is 0 Å². The van der Waals surface area contributed by atoms with Gasteiger partial charge in [-0.25, -0.2) is 0 Å². The normalized spacial score (nSPS) is 57.9. The molecule has 0 saturated heterocycles. The molecule has 0 unspecified atom stereocenters. The van der Waals surface area contributed by atoms with E-state index in [-0.39, 0.29) is 34.9 Å². The number of ketones is 1. The number of hydrogen-bond donors (Lipinski definition) is 2. The minimum atomic E-state index is -0.316. The third kappa shape index (κ3) is 1.78. The van der Waals surface area contributed by atoms with Gasteiger partial charge < -0.3 is 10.2 Å². The number of aliphatic hydroxyl groups is 2. The molecule has 8 atom stereocenters. The molecule has 0 aromatic heterocycles. The summed E-state index contributed by atoms with van der Waals surface area (Å²) in [5.74, 6) is 1.81. The zero-order valence-corrected chi connectivity index (χ0v) is 13.9. The van der Waals surface area contributed by atoms with E-state index in [2.05, 4.69) is 13.8 Å². The lowest BCUT2D eigenvalue weighted by Crippen LogP contribution is -2.59. The molecule has 2 N–H and O–H groups in total. The predicted octanol–water partition coefficient (Wildman–Crippen LogP) is 2.93. The predicted molar refractivity (Wildman–Crippen MR) is 84.1 cm³/mol. The topological polar surface area (TPSA) is 57.5 Å². The average Bonchev–Trinajstić information content (AvgIpc) is 2.78. The summed E-state index contributed by atoms with van der Waals surface area (Å²) in [6, 6.07) is 0. The summed E-state index contributed by atoms with van der Waals surface area (Å²) in [6.07, 6.45) is 7.01. The molecule has 4 aliphatic carbocycles. The lowest BCUT2D eigenvalue weighted by atomic mass is 9.44. The molecule has 4 aliphatic rings. The molecule has 0 aliphatic heterocycles. The van der Waals surface area contributed by atoms with Crippen LogP contribution in [0.2, 0.25) is 0 Å². The quantitative estimate of drug-likeness (QED) is 0.723. The van der Waals surface area contributed by atoms with Gasteiger partial charge in [0.05, 0.1) is 12.2 Å². The van der Waals surface area contributed by atoms with Crippen LogP contribution in [0.3, 0.4) is 0 Å². The van der Waals surface area contributed by atoms with Gasteiger partial charge in [0.2, 0.25) is 0 Å². The second kappa shape index (κ2) is 4.80. The van der Waals surface area contributed by atoms with E-state index in [1.165, 1.54) is 0 Å². The molecule has 22 heavy (non-hydrogen) atoms. The van der Waals surface area contributed by atoms with E-state index in [4.69, 9.17) is 0 Å². The van der Waals surface area contributed by atoms with Gasteiger partial charge in [0.1, 0.15) is 5.78 Å². The minimum Gasteiger partial charge on any atom is -0.393 e. The number of carbonyl (C=O) groups is 1. The van der Waals surface area contributed by atoms with Gasteiger partial charge in [0.25, 0.3) is 0 Å². The zero-order chi connectivity index (χ0) is 15.7. The molecule has 0 bridgehead atoms. The number of rotatable bonds is 0. The lowest BCUT2D eigenvalue weighted by Gasteiger charge is -2.60. The van der Waals surface area contributed by atoms with Crippen LogP contribution < -0.4 is 0 Å². The van der Waals surface area contributed by atoms with Gasteiger partial charge in [-0.2, -0.15) is 0 Å². The van der Waals surface area contributed by atoms with Crippen LogP contribution in [0, 0.1) is 34.5 Å². The molecule has 124 valence electrons. The highest BCUT2D eigenvalue weighted by Gasteiger charge is 2.63. The Hall–Kier alpha value is -0.410. The Bertz CT molecular complexity index is 489. The van der Waals surface area contributed by atoms with Crippen LogP contribution in [-0.4, -0.2) is 28.2 Å². The minimum absolute atomic E-state index is 0.0584. The van der Waals surface area contributed by atoms with Crippen molar-refractivity contribution in [2.24, 2.45) is 34.5 Å². The van der Waals surface area contributed by atoms with Crippen molar-refractivity contribution in [3.63, 3.8) is 0 Å². The average molecular weight is 306 g/mol. The smallest absolute Gasteiger partial charge is 0.136 e. The van der Waals surface area contributed by atoms with Crippen molar-refractivity contribution < 1.29 is 15.0 Å². The Morgan fingerprint density at radius 2 is 1.82 bits per heavy atom. The maximum Gasteiger partial charge on any atom is 0.136 e. The molecule has 3 heteroatoms. The number of hydrogen-bond acceptors (Lipinski definition) is 3. The standard InChI is InChI=1S/C19H30O3/c1-18-8-3-4-14(20)12(18)6-5-11-13(18)10-16(22)19(2)9-7-15(21)17(11)19/h11-13,15-17,21-22H,3-10H2,1-2H3/t11-,12+,13+,15+,16+,17-,18+,19+/m1/s1. The van der Waals surface area contributed by atoms with Gasteiger partial charge in [-0.15, -0.1) is 0 Å². The molecule has 0 amide bonds. The largest absolute Gasteiger partial charge is 0.393 e. The van der Waals surface area contributed by atoms with E-state index >= 15 is 0 Å². The maximum absolute atomic E-state index is 12.4. The Labute approximate surface area is 133 Å². The Morgan fingerprint density at radius 1 is 1.05 bits per heavy atom. The van der Waals surface area contributed by atoms with Crippen LogP contribution in [0.1, 0.15) is 65.2 Å². The van der Waals surface area contributed by atoms with Crippen LogP contribution in [-0.2, 0) is 4.79 Å². The zero-order valence-electron chi connectivity index (χ0n) is 13.9. The summed E-state index contributed by atoms with van der Waals surface area (Å²) in [7, 11) is 0. The van der Waals surface area contributed by atoms with E-state index in [9.17, 15) is 15.0 Å². The SMILES string of the molecule is C[C@]12CCCC(=O)[C@@H]1CC[C@H]1[C@@H]3[C@@H](O)CC[C@@]3(C)[C@@H](O)C[C@@H]12. The molecular weight excluding hydrogens is 276 g/mol. The van der Waals surface area contributed by atoms with Crippen molar-refractivity contribution >= 4 is 5.78 Å². The fraction of sp³-hybridized carbons (Fsp3) is 0.947. The highest BCUT2D eigenvalue weighted by molar-refractivity contribution is 5.82. The van der Waals surface area contributed by atoms with Crippen LogP contribution in [0.25, 0.3) is 0 Å². The first-order valence-corrected chi connectivity index (χ1v) is 9.27. The van der Waals surface area contributed by atoms with Crippen molar-refractivity contribution in [3.05, 3.63) is 0 Å².